The molecular weight excluding hydrogens is 236 g/mol. The number of aromatic hydroxyl groups is 1. The summed E-state index contributed by atoms with van der Waals surface area (Å²) in [6.45, 7) is 2.48. The van der Waals surface area contributed by atoms with Gasteiger partial charge in [-0.3, -0.25) is 4.90 Å². The van der Waals surface area contributed by atoms with Gasteiger partial charge in [0.2, 0.25) is 0 Å². The summed E-state index contributed by atoms with van der Waals surface area (Å²) in [5, 5.41) is 13.7. The fourth-order valence-electron chi connectivity index (χ4n) is 3.79. The number of benzene rings is 1. The minimum Gasteiger partial charge on any atom is -0.508 e. The van der Waals surface area contributed by atoms with Crippen LogP contribution in [0.15, 0.2) is 18.2 Å². The minimum absolute atomic E-state index is 0.450. The molecule has 1 heterocycles. The van der Waals surface area contributed by atoms with Crippen LogP contribution in [0.25, 0.3) is 0 Å². The molecular formula is C16H22N2O. The Morgan fingerprint density at radius 1 is 1.16 bits per heavy atom. The van der Waals surface area contributed by atoms with E-state index in [-0.39, 0.29) is 0 Å². The average molecular weight is 258 g/mol. The van der Waals surface area contributed by atoms with Crippen molar-refractivity contribution in [3.63, 3.8) is 0 Å². The van der Waals surface area contributed by atoms with Crippen LogP contribution in [0.5, 0.6) is 5.75 Å². The zero-order valence-corrected chi connectivity index (χ0v) is 11.3. The lowest BCUT2D eigenvalue weighted by atomic mass is 10.1. The van der Waals surface area contributed by atoms with Crippen LogP contribution < -0.4 is 5.32 Å². The number of likely N-dealkylation sites (tertiary alicyclic amines) is 1. The van der Waals surface area contributed by atoms with E-state index in [4.69, 9.17) is 0 Å². The van der Waals surface area contributed by atoms with E-state index in [1.165, 1.54) is 37.9 Å². The van der Waals surface area contributed by atoms with Crippen molar-refractivity contribution in [3.8, 4) is 5.75 Å². The van der Waals surface area contributed by atoms with Crippen LogP contribution in [0.4, 0.5) is 0 Å². The maximum Gasteiger partial charge on any atom is 0.119 e. The molecule has 1 saturated carbocycles. The molecule has 1 aromatic rings. The third-order valence-corrected chi connectivity index (χ3v) is 4.97. The van der Waals surface area contributed by atoms with Crippen LogP contribution in [0.1, 0.15) is 42.9 Å². The van der Waals surface area contributed by atoms with Crippen molar-refractivity contribution in [2.45, 2.75) is 50.2 Å². The first-order valence-electron chi connectivity index (χ1n) is 7.62. The Labute approximate surface area is 114 Å². The quantitative estimate of drug-likeness (QED) is 0.872. The third kappa shape index (κ3) is 2.15. The molecule has 3 heteroatoms. The Morgan fingerprint density at radius 2 is 2.05 bits per heavy atom. The van der Waals surface area contributed by atoms with E-state index in [9.17, 15) is 5.11 Å². The molecule has 2 aliphatic carbocycles. The topological polar surface area (TPSA) is 35.5 Å². The average Bonchev–Trinajstić information content (AvgIpc) is 3.02. The van der Waals surface area contributed by atoms with Crippen molar-refractivity contribution in [2.75, 3.05) is 13.1 Å². The molecule has 0 spiro atoms. The highest BCUT2D eigenvalue weighted by Gasteiger charge is 2.35. The standard InChI is InChI=1S/C16H22N2O/c19-16-3-1-2-13-14(16)6-7-15(13)17-11-8-9-18(10-11)12-4-5-12/h1-3,11-12,15,17,19H,4-10H2. The lowest BCUT2D eigenvalue weighted by molar-refractivity contribution is 0.312. The van der Waals surface area contributed by atoms with Crippen molar-refractivity contribution < 1.29 is 5.11 Å². The van der Waals surface area contributed by atoms with Gasteiger partial charge in [0, 0.05) is 31.2 Å². The summed E-state index contributed by atoms with van der Waals surface area (Å²) in [6, 6.07) is 7.94. The lowest BCUT2D eigenvalue weighted by Crippen LogP contribution is -2.35. The van der Waals surface area contributed by atoms with Crippen molar-refractivity contribution in [2.24, 2.45) is 0 Å². The SMILES string of the molecule is Oc1cccc2c1CCC2NC1CCN(C2CC2)C1. The van der Waals surface area contributed by atoms with E-state index in [2.05, 4.69) is 16.3 Å². The summed E-state index contributed by atoms with van der Waals surface area (Å²) in [4.78, 5) is 2.65. The largest absolute Gasteiger partial charge is 0.508 e. The second kappa shape index (κ2) is 4.50. The maximum absolute atomic E-state index is 9.90. The van der Waals surface area contributed by atoms with Crippen molar-refractivity contribution >= 4 is 0 Å². The molecule has 2 N–H and O–H groups in total. The number of hydrogen-bond donors (Lipinski definition) is 2. The van der Waals surface area contributed by atoms with E-state index in [1.54, 1.807) is 0 Å². The van der Waals surface area contributed by atoms with Gasteiger partial charge in [0.1, 0.15) is 5.75 Å². The Kier molecular flexibility index (Phi) is 2.78. The molecule has 1 aliphatic heterocycles. The Bertz CT molecular complexity index is 484. The van der Waals surface area contributed by atoms with Crippen LogP contribution in [-0.2, 0) is 6.42 Å². The molecule has 4 rings (SSSR count). The van der Waals surface area contributed by atoms with Crippen LogP contribution in [0.2, 0.25) is 0 Å². The van der Waals surface area contributed by atoms with Gasteiger partial charge in [0.25, 0.3) is 0 Å². The molecule has 0 radical (unpaired) electrons. The molecule has 1 aromatic carbocycles. The summed E-state index contributed by atoms with van der Waals surface area (Å²) < 4.78 is 0. The summed E-state index contributed by atoms with van der Waals surface area (Å²) in [6.07, 6.45) is 6.24. The van der Waals surface area contributed by atoms with Gasteiger partial charge in [-0.25, -0.2) is 0 Å². The molecule has 2 unspecified atom stereocenters. The molecule has 102 valence electrons. The number of hydrogen-bond acceptors (Lipinski definition) is 3. The van der Waals surface area contributed by atoms with Crippen LogP contribution in [-0.4, -0.2) is 35.2 Å². The second-order valence-corrected chi connectivity index (χ2v) is 6.31. The van der Waals surface area contributed by atoms with Gasteiger partial charge in [-0.2, -0.15) is 0 Å². The molecule has 0 amide bonds. The maximum atomic E-state index is 9.90. The van der Waals surface area contributed by atoms with E-state index < -0.39 is 0 Å². The van der Waals surface area contributed by atoms with E-state index in [1.807, 2.05) is 12.1 Å². The number of nitrogens with zero attached hydrogens (tertiary/aromatic N) is 1. The van der Waals surface area contributed by atoms with Crippen LogP contribution in [0.3, 0.4) is 0 Å². The Balaban J connectivity index is 1.44. The second-order valence-electron chi connectivity index (χ2n) is 6.31. The van der Waals surface area contributed by atoms with Gasteiger partial charge in [-0.15, -0.1) is 0 Å². The van der Waals surface area contributed by atoms with Crippen molar-refractivity contribution in [1.82, 2.24) is 10.2 Å². The number of fused-ring (bicyclic) bond motifs is 1. The highest BCUT2D eigenvalue weighted by Crippen LogP contribution is 2.37. The van der Waals surface area contributed by atoms with Gasteiger partial charge >= 0.3 is 0 Å². The highest BCUT2D eigenvalue weighted by atomic mass is 16.3. The Hall–Kier alpha value is -1.06. The zero-order valence-electron chi connectivity index (χ0n) is 11.3. The summed E-state index contributed by atoms with van der Waals surface area (Å²) in [5.41, 5.74) is 2.49. The number of rotatable bonds is 3. The first-order valence-corrected chi connectivity index (χ1v) is 7.62. The fraction of sp³-hybridized carbons (Fsp3) is 0.625. The predicted octanol–water partition coefficient (Wildman–Crippen LogP) is 2.21. The summed E-state index contributed by atoms with van der Waals surface area (Å²) in [7, 11) is 0. The van der Waals surface area contributed by atoms with Gasteiger partial charge in [-0.05, 0) is 49.3 Å². The molecule has 2 fully saturated rings. The number of phenols is 1. The monoisotopic (exact) mass is 258 g/mol. The van der Waals surface area contributed by atoms with E-state index in [0.717, 1.165) is 24.4 Å². The Morgan fingerprint density at radius 3 is 2.89 bits per heavy atom. The molecule has 2 atom stereocenters. The normalized spacial score (nSPS) is 30.7. The fourth-order valence-corrected chi connectivity index (χ4v) is 3.79. The van der Waals surface area contributed by atoms with Crippen LogP contribution >= 0.6 is 0 Å². The number of nitrogens with one attached hydrogen (secondary N) is 1. The lowest BCUT2D eigenvalue weighted by Gasteiger charge is -2.20. The van der Waals surface area contributed by atoms with Gasteiger partial charge < -0.3 is 10.4 Å². The minimum atomic E-state index is 0.450. The van der Waals surface area contributed by atoms with Gasteiger partial charge in [0.05, 0.1) is 0 Å². The molecule has 0 aromatic heterocycles. The van der Waals surface area contributed by atoms with E-state index >= 15 is 0 Å². The molecule has 0 bridgehead atoms. The third-order valence-electron chi connectivity index (χ3n) is 4.97. The zero-order chi connectivity index (χ0) is 12.8. The van der Waals surface area contributed by atoms with E-state index in [0.29, 0.717) is 17.8 Å². The summed E-state index contributed by atoms with van der Waals surface area (Å²) >= 11 is 0. The summed E-state index contributed by atoms with van der Waals surface area (Å²) in [5.74, 6) is 0.479. The van der Waals surface area contributed by atoms with Gasteiger partial charge in [-0.1, -0.05) is 12.1 Å². The molecule has 3 nitrogen and oxygen atoms in total. The predicted molar refractivity (Wildman–Crippen MR) is 75.3 cm³/mol. The molecule has 3 aliphatic rings. The smallest absolute Gasteiger partial charge is 0.119 e. The van der Waals surface area contributed by atoms with Crippen molar-refractivity contribution in [3.05, 3.63) is 29.3 Å². The molecule has 19 heavy (non-hydrogen) atoms. The van der Waals surface area contributed by atoms with Crippen LogP contribution in [0, 0.1) is 0 Å². The van der Waals surface area contributed by atoms with Gasteiger partial charge in [0.15, 0.2) is 0 Å². The first-order chi connectivity index (χ1) is 9.31. The first kappa shape index (κ1) is 11.7. The number of phenolic OH excluding ortho intramolecular Hbond substituents is 1. The van der Waals surface area contributed by atoms with Crippen molar-refractivity contribution in [1.29, 1.82) is 0 Å². The highest BCUT2D eigenvalue weighted by molar-refractivity contribution is 5.44. The molecule has 1 saturated heterocycles.